The fourth-order valence-electron chi connectivity index (χ4n) is 2.35. The second-order valence-electron chi connectivity index (χ2n) is 3.64. The molecule has 2 aliphatic carbocycles. The lowest BCUT2D eigenvalue weighted by atomic mass is 9.86. The molecule has 0 radical (unpaired) electrons. The van der Waals surface area contributed by atoms with Crippen molar-refractivity contribution in [3.05, 3.63) is 11.8 Å². The molecule has 1 unspecified atom stereocenters. The first-order valence-corrected chi connectivity index (χ1v) is 4.32. The lowest BCUT2D eigenvalue weighted by Gasteiger charge is -2.21. The predicted octanol–water partition coefficient (Wildman–Crippen LogP) is 2.04. The Kier molecular flexibility index (Phi) is 1.44. The summed E-state index contributed by atoms with van der Waals surface area (Å²) in [6.45, 7) is 0. The van der Waals surface area contributed by atoms with Crippen LogP contribution in [-0.4, -0.2) is 0 Å². The maximum absolute atomic E-state index is 5.75. The largest absolute Gasteiger partial charge is 0.402 e. The van der Waals surface area contributed by atoms with Gasteiger partial charge in [0.2, 0.25) is 0 Å². The second kappa shape index (κ2) is 2.30. The van der Waals surface area contributed by atoms with Gasteiger partial charge in [0.15, 0.2) is 0 Å². The first-order chi connectivity index (χ1) is 4.86. The number of hydrogen-bond donors (Lipinski definition) is 1. The van der Waals surface area contributed by atoms with Gasteiger partial charge in [0.1, 0.15) is 0 Å². The Morgan fingerprint density at radius 2 is 2.20 bits per heavy atom. The Hall–Kier alpha value is -0.460. The number of allylic oxidation sites excluding steroid dienone is 2. The molecule has 2 atom stereocenters. The van der Waals surface area contributed by atoms with Gasteiger partial charge < -0.3 is 5.73 Å². The van der Waals surface area contributed by atoms with Crippen LogP contribution in [-0.2, 0) is 0 Å². The van der Waals surface area contributed by atoms with Gasteiger partial charge in [-0.15, -0.1) is 0 Å². The van der Waals surface area contributed by atoms with Crippen LogP contribution in [0.15, 0.2) is 11.8 Å². The van der Waals surface area contributed by atoms with Crippen molar-refractivity contribution in [2.45, 2.75) is 32.1 Å². The molecule has 10 heavy (non-hydrogen) atoms. The molecule has 1 fully saturated rings. The molecule has 1 saturated carbocycles. The van der Waals surface area contributed by atoms with Crippen molar-refractivity contribution in [2.75, 3.05) is 0 Å². The van der Waals surface area contributed by atoms with E-state index in [4.69, 9.17) is 5.73 Å². The third-order valence-corrected chi connectivity index (χ3v) is 2.95. The third kappa shape index (κ3) is 0.938. The van der Waals surface area contributed by atoms with Crippen molar-refractivity contribution < 1.29 is 0 Å². The first kappa shape index (κ1) is 6.26. The number of nitrogens with two attached hydrogens (primary N) is 1. The van der Waals surface area contributed by atoms with Crippen LogP contribution in [0.3, 0.4) is 0 Å². The molecule has 0 saturated heterocycles. The maximum Gasteiger partial charge on any atom is 0.00429 e. The Balaban J connectivity index is 2.13. The summed E-state index contributed by atoms with van der Waals surface area (Å²) in [5.41, 5.74) is 6.89. The monoisotopic (exact) mass is 137 g/mol. The van der Waals surface area contributed by atoms with E-state index in [1.165, 1.54) is 25.7 Å². The van der Waals surface area contributed by atoms with E-state index in [0.717, 1.165) is 24.0 Å². The molecule has 0 aromatic heterocycles. The van der Waals surface area contributed by atoms with E-state index in [1.807, 2.05) is 0 Å². The minimum Gasteiger partial charge on any atom is -0.402 e. The smallest absolute Gasteiger partial charge is 0.00429 e. The summed E-state index contributed by atoms with van der Waals surface area (Å²) >= 11 is 0. The van der Waals surface area contributed by atoms with E-state index < -0.39 is 0 Å². The van der Waals surface area contributed by atoms with Gasteiger partial charge in [-0.05, 0) is 37.5 Å². The number of hydrogen-bond acceptors (Lipinski definition) is 1. The van der Waals surface area contributed by atoms with Gasteiger partial charge in [-0.1, -0.05) is 12.5 Å². The highest BCUT2D eigenvalue weighted by Gasteiger charge is 2.27. The van der Waals surface area contributed by atoms with E-state index in [-0.39, 0.29) is 0 Å². The van der Waals surface area contributed by atoms with Gasteiger partial charge in [-0.2, -0.15) is 0 Å². The maximum atomic E-state index is 5.75. The normalized spacial score (nSPS) is 39.0. The predicted molar refractivity (Wildman–Crippen MR) is 42.3 cm³/mol. The zero-order valence-corrected chi connectivity index (χ0v) is 6.34. The van der Waals surface area contributed by atoms with Crippen molar-refractivity contribution in [1.29, 1.82) is 0 Å². The molecule has 2 rings (SSSR count). The summed E-state index contributed by atoms with van der Waals surface area (Å²) < 4.78 is 0. The highest BCUT2D eigenvalue weighted by Crippen LogP contribution is 2.39. The molecule has 0 aromatic rings. The van der Waals surface area contributed by atoms with Crippen molar-refractivity contribution in [3.63, 3.8) is 0 Å². The average Bonchev–Trinajstić information content (AvgIpc) is 2.33. The van der Waals surface area contributed by atoms with Crippen LogP contribution < -0.4 is 5.73 Å². The fourth-order valence-corrected chi connectivity index (χ4v) is 2.35. The van der Waals surface area contributed by atoms with Gasteiger partial charge in [0, 0.05) is 5.70 Å². The molecule has 0 bridgehead atoms. The Labute approximate surface area is 62.3 Å². The van der Waals surface area contributed by atoms with Crippen LogP contribution in [0.25, 0.3) is 0 Å². The minimum atomic E-state index is 0.855. The molecule has 2 aliphatic rings. The van der Waals surface area contributed by atoms with E-state index in [2.05, 4.69) is 6.08 Å². The molecular weight excluding hydrogens is 122 g/mol. The summed E-state index contributed by atoms with van der Waals surface area (Å²) in [4.78, 5) is 0. The van der Waals surface area contributed by atoms with Gasteiger partial charge in [-0.25, -0.2) is 0 Å². The van der Waals surface area contributed by atoms with Gasteiger partial charge in [0.25, 0.3) is 0 Å². The first-order valence-electron chi connectivity index (χ1n) is 4.32. The Morgan fingerprint density at radius 1 is 1.30 bits per heavy atom. The Morgan fingerprint density at radius 3 is 3.10 bits per heavy atom. The average molecular weight is 137 g/mol. The van der Waals surface area contributed by atoms with E-state index in [1.54, 1.807) is 0 Å². The van der Waals surface area contributed by atoms with Crippen molar-refractivity contribution >= 4 is 0 Å². The number of rotatable bonds is 0. The van der Waals surface area contributed by atoms with Crippen molar-refractivity contribution in [3.8, 4) is 0 Å². The van der Waals surface area contributed by atoms with Crippen LogP contribution in [0.5, 0.6) is 0 Å². The third-order valence-electron chi connectivity index (χ3n) is 2.95. The minimum absolute atomic E-state index is 0.855. The van der Waals surface area contributed by atoms with Crippen LogP contribution in [0, 0.1) is 11.8 Å². The standard InChI is InChI=1S/C9H15N/c10-9-5-4-7-2-1-3-8(7)6-9/h6-8H,1-5,10H2/t7?,8-/m0/s1. The number of fused-ring (bicyclic) bond motifs is 1. The van der Waals surface area contributed by atoms with Crippen molar-refractivity contribution in [1.82, 2.24) is 0 Å². The molecule has 0 heterocycles. The molecule has 0 spiro atoms. The van der Waals surface area contributed by atoms with Crippen LogP contribution in [0.1, 0.15) is 32.1 Å². The molecular formula is C9H15N. The molecule has 0 amide bonds. The summed E-state index contributed by atoms with van der Waals surface area (Å²) in [6, 6.07) is 0. The zero-order chi connectivity index (χ0) is 6.97. The summed E-state index contributed by atoms with van der Waals surface area (Å²) in [7, 11) is 0. The fraction of sp³-hybridized carbons (Fsp3) is 0.778. The lowest BCUT2D eigenvalue weighted by Crippen LogP contribution is -2.15. The van der Waals surface area contributed by atoms with Crippen LogP contribution in [0.4, 0.5) is 0 Å². The van der Waals surface area contributed by atoms with Gasteiger partial charge in [0.05, 0.1) is 0 Å². The summed E-state index contributed by atoms with van der Waals surface area (Å²) in [5.74, 6) is 1.85. The summed E-state index contributed by atoms with van der Waals surface area (Å²) in [6.07, 6.45) is 9.09. The molecule has 1 nitrogen and oxygen atoms in total. The molecule has 56 valence electrons. The Bertz CT molecular complexity index is 160. The van der Waals surface area contributed by atoms with Gasteiger partial charge >= 0.3 is 0 Å². The van der Waals surface area contributed by atoms with Gasteiger partial charge in [-0.3, -0.25) is 0 Å². The SMILES string of the molecule is NC1=C[C@@H]2CCCC2CC1. The highest BCUT2D eigenvalue weighted by molar-refractivity contribution is 5.07. The molecule has 2 N–H and O–H groups in total. The second-order valence-corrected chi connectivity index (χ2v) is 3.64. The lowest BCUT2D eigenvalue weighted by molar-refractivity contribution is 0.401. The van der Waals surface area contributed by atoms with E-state index in [9.17, 15) is 0 Å². The zero-order valence-electron chi connectivity index (χ0n) is 6.34. The highest BCUT2D eigenvalue weighted by atomic mass is 14.6. The van der Waals surface area contributed by atoms with Crippen LogP contribution >= 0.6 is 0 Å². The molecule has 0 aliphatic heterocycles. The van der Waals surface area contributed by atoms with Crippen molar-refractivity contribution in [2.24, 2.45) is 17.6 Å². The van der Waals surface area contributed by atoms with E-state index in [0.29, 0.717) is 0 Å². The van der Waals surface area contributed by atoms with E-state index >= 15 is 0 Å². The quantitative estimate of drug-likeness (QED) is 0.543. The molecule has 1 heteroatoms. The topological polar surface area (TPSA) is 26.0 Å². The molecule has 0 aromatic carbocycles. The summed E-state index contributed by atoms with van der Waals surface area (Å²) in [5, 5.41) is 0. The van der Waals surface area contributed by atoms with Crippen LogP contribution in [0.2, 0.25) is 0 Å².